The highest BCUT2D eigenvalue weighted by Gasteiger charge is 2.34. The molecule has 1 aromatic heterocycles. The number of ether oxygens (including phenoxy) is 1. The molecule has 0 aliphatic heterocycles. The molecule has 0 aliphatic carbocycles. The number of aromatic carboxylic acids is 1. The molecule has 9 heteroatoms. The topological polar surface area (TPSA) is 59.4 Å². The van der Waals surface area contributed by atoms with Crippen molar-refractivity contribution < 1.29 is 36.6 Å². The van der Waals surface area contributed by atoms with E-state index in [4.69, 9.17) is 5.11 Å². The van der Waals surface area contributed by atoms with Crippen molar-refractivity contribution in [1.82, 2.24) is 4.98 Å². The Bertz CT molecular complexity index is 446. The normalized spacial score (nSPS) is 11.7. The standard InChI is InChI=1S/C9H6F5NO3/c10-6(11)3-18-7-2-4(8(16)17)1-5(15-7)9(12,13)14/h1-2,6H,3H2,(H,16,17). The molecule has 100 valence electrons. The summed E-state index contributed by atoms with van der Waals surface area (Å²) in [6.45, 7) is -1.17. The number of aromatic nitrogens is 1. The minimum absolute atomic E-state index is 0.289. The number of rotatable bonds is 4. The second kappa shape index (κ2) is 5.15. The third kappa shape index (κ3) is 3.82. The average Bonchev–Trinajstić information content (AvgIpc) is 2.24. The zero-order chi connectivity index (χ0) is 13.9. The van der Waals surface area contributed by atoms with Crippen molar-refractivity contribution in [3.8, 4) is 5.88 Å². The third-order valence-corrected chi connectivity index (χ3v) is 1.70. The van der Waals surface area contributed by atoms with Crippen molar-refractivity contribution >= 4 is 5.97 Å². The van der Waals surface area contributed by atoms with E-state index in [-0.39, 0.29) is 6.07 Å². The van der Waals surface area contributed by atoms with Crippen molar-refractivity contribution in [2.75, 3.05) is 6.61 Å². The Morgan fingerprint density at radius 1 is 1.39 bits per heavy atom. The molecule has 0 unspecified atom stereocenters. The van der Waals surface area contributed by atoms with Crippen molar-refractivity contribution in [2.24, 2.45) is 0 Å². The van der Waals surface area contributed by atoms with E-state index in [1.54, 1.807) is 0 Å². The summed E-state index contributed by atoms with van der Waals surface area (Å²) in [6.07, 6.45) is -7.80. The predicted octanol–water partition coefficient (Wildman–Crippen LogP) is 2.44. The van der Waals surface area contributed by atoms with E-state index in [2.05, 4.69) is 9.72 Å². The summed E-state index contributed by atoms with van der Waals surface area (Å²) in [6, 6.07) is 0.928. The lowest BCUT2D eigenvalue weighted by atomic mass is 10.2. The molecule has 0 spiro atoms. The molecule has 1 heterocycles. The Kier molecular flexibility index (Phi) is 4.04. The zero-order valence-corrected chi connectivity index (χ0v) is 8.54. The Morgan fingerprint density at radius 3 is 2.44 bits per heavy atom. The molecule has 4 nitrogen and oxygen atoms in total. The molecule has 0 aliphatic rings. The summed E-state index contributed by atoms with van der Waals surface area (Å²) in [4.78, 5) is 13.5. The quantitative estimate of drug-likeness (QED) is 0.854. The van der Waals surface area contributed by atoms with Gasteiger partial charge in [-0.05, 0) is 6.07 Å². The van der Waals surface area contributed by atoms with Gasteiger partial charge < -0.3 is 9.84 Å². The summed E-state index contributed by atoms with van der Waals surface area (Å²) >= 11 is 0. The summed E-state index contributed by atoms with van der Waals surface area (Å²) in [7, 11) is 0. The van der Waals surface area contributed by atoms with Gasteiger partial charge in [0.2, 0.25) is 5.88 Å². The van der Waals surface area contributed by atoms with Crippen LogP contribution in [0.2, 0.25) is 0 Å². The molecule has 0 aromatic carbocycles. The fraction of sp³-hybridized carbons (Fsp3) is 0.333. The van der Waals surface area contributed by atoms with Gasteiger partial charge in [-0.25, -0.2) is 18.6 Å². The number of hydrogen-bond acceptors (Lipinski definition) is 3. The molecule has 0 atom stereocenters. The first kappa shape index (κ1) is 14.1. The molecular formula is C9H6F5NO3. The van der Waals surface area contributed by atoms with Crippen molar-refractivity contribution in [1.29, 1.82) is 0 Å². The molecule has 0 saturated carbocycles. The van der Waals surface area contributed by atoms with Crippen LogP contribution in [0.3, 0.4) is 0 Å². The van der Waals surface area contributed by atoms with Crippen LogP contribution in [0.4, 0.5) is 22.0 Å². The van der Waals surface area contributed by atoms with Gasteiger partial charge in [0.05, 0.1) is 5.56 Å². The summed E-state index contributed by atoms with van der Waals surface area (Å²) in [5.41, 5.74) is -2.27. The van der Waals surface area contributed by atoms with Gasteiger partial charge in [-0.15, -0.1) is 0 Å². The van der Waals surface area contributed by atoms with Gasteiger partial charge in [0.1, 0.15) is 5.69 Å². The lowest BCUT2D eigenvalue weighted by Crippen LogP contribution is -2.14. The minimum Gasteiger partial charge on any atom is -0.478 e. The van der Waals surface area contributed by atoms with E-state index in [0.717, 1.165) is 0 Å². The van der Waals surface area contributed by atoms with Gasteiger partial charge in [0, 0.05) is 6.07 Å². The van der Waals surface area contributed by atoms with E-state index in [1.165, 1.54) is 0 Å². The predicted molar refractivity (Wildman–Crippen MR) is 47.7 cm³/mol. The second-order valence-corrected chi connectivity index (χ2v) is 3.08. The maximum Gasteiger partial charge on any atom is 0.433 e. The van der Waals surface area contributed by atoms with Crippen LogP contribution in [-0.2, 0) is 6.18 Å². The van der Waals surface area contributed by atoms with Gasteiger partial charge >= 0.3 is 12.1 Å². The fourth-order valence-corrected chi connectivity index (χ4v) is 0.996. The maximum absolute atomic E-state index is 12.4. The molecular weight excluding hydrogens is 265 g/mol. The minimum atomic E-state index is -4.89. The first-order valence-corrected chi connectivity index (χ1v) is 4.43. The van der Waals surface area contributed by atoms with E-state index in [0.29, 0.717) is 6.07 Å². The highest BCUT2D eigenvalue weighted by atomic mass is 19.4. The molecule has 0 fully saturated rings. The van der Waals surface area contributed by atoms with Crippen LogP contribution in [0.25, 0.3) is 0 Å². The first-order chi connectivity index (χ1) is 8.20. The van der Waals surface area contributed by atoms with Crippen LogP contribution in [0.15, 0.2) is 12.1 Å². The lowest BCUT2D eigenvalue weighted by molar-refractivity contribution is -0.141. The van der Waals surface area contributed by atoms with E-state index >= 15 is 0 Å². The Balaban J connectivity index is 3.10. The van der Waals surface area contributed by atoms with Gasteiger partial charge in [-0.2, -0.15) is 13.2 Å². The number of pyridine rings is 1. The largest absolute Gasteiger partial charge is 0.478 e. The van der Waals surface area contributed by atoms with Gasteiger partial charge in [0.15, 0.2) is 6.61 Å². The number of carboxylic acid groups (broad SMARTS) is 1. The van der Waals surface area contributed by atoms with E-state index in [9.17, 15) is 26.7 Å². The SMILES string of the molecule is O=C(O)c1cc(OCC(F)F)nc(C(F)(F)F)c1. The molecule has 1 rings (SSSR count). The number of hydrogen-bond donors (Lipinski definition) is 1. The van der Waals surface area contributed by atoms with Gasteiger partial charge in [-0.1, -0.05) is 0 Å². The number of halogens is 5. The fourth-order valence-electron chi connectivity index (χ4n) is 0.996. The molecule has 0 saturated heterocycles. The maximum atomic E-state index is 12.4. The lowest BCUT2D eigenvalue weighted by Gasteiger charge is -2.10. The molecule has 1 N–H and O–H groups in total. The van der Waals surface area contributed by atoms with Crippen LogP contribution >= 0.6 is 0 Å². The van der Waals surface area contributed by atoms with E-state index in [1.807, 2.05) is 0 Å². The molecule has 0 radical (unpaired) electrons. The smallest absolute Gasteiger partial charge is 0.433 e. The summed E-state index contributed by atoms with van der Waals surface area (Å²) < 4.78 is 65.0. The van der Waals surface area contributed by atoms with Gasteiger partial charge in [0.25, 0.3) is 6.43 Å². The Morgan fingerprint density at radius 2 is 2.00 bits per heavy atom. The second-order valence-electron chi connectivity index (χ2n) is 3.08. The van der Waals surface area contributed by atoms with Crippen LogP contribution in [0.1, 0.15) is 16.1 Å². The first-order valence-electron chi connectivity index (χ1n) is 4.43. The van der Waals surface area contributed by atoms with Crippen molar-refractivity contribution in [3.63, 3.8) is 0 Å². The monoisotopic (exact) mass is 271 g/mol. The number of alkyl halides is 5. The van der Waals surface area contributed by atoms with Crippen LogP contribution in [0.5, 0.6) is 5.88 Å². The average molecular weight is 271 g/mol. The number of nitrogens with zero attached hydrogens (tertiary/aromatic N) is 1. The van der Waals surface area contributed by atoms with Crippen LogP contribution in [0, 0.1) is 0 Å². The van der Waals surface area contributed by atoms with Crippen LogP contribution in [-0.4, -0.2) is 29.1 Å². The Labute approximate surface area is 97.0 Å². The summed E-state index contributed by atoms with van der Waals surface area (Å²) in [5, 5.41) is 8.58. The van der Waals surface area contributed by atoms with Gasteiger partial charge in [-0.3, -0.25) is 0 Å². The molecule has 0 bridgehead atoms. The van der Waals surface area contributed by atoms with Crippen molar-refractivity contribution in [2.45, 2.75) is 12.6 Å². The molecule has 18 heavy (non-hydrogen) atoms. The van der Waals surface area contributed by atoms with Crippen LogP contribution < -0.4 is 4.74 Å². The van der Waals surface area contributed by atoms with E-state index < -0.39 is 42.3 Å². The highest BCUT2D eigenvalue weighted by molar-refractivity contribution is 5.88. The third-order valence-electron chi connectivity index (χ3n) is 1.70. The number of carbonyl (C=O) groups is 1. The highest BCUT2D eigenvalue weighted by Crippen LogP contribution is 2.30. The Hall–Kier alpha value is -1.93. The molecule has 0 amide bonds. The molecule has 1 aromatic rings. The zero-order valence-electron chi connectivity index (χ0n) is 8.54. The number of carboxylic acids is 1. The summed E-state index contributed by atoms with van der Waals surface area (Å²) in [5.74, 6) is -2.47. The van der Waals surface area contributed by atoms with Crippen molar-refractivity contribution in [3.05, 3.63) is 23.4 Å².